The molecule has 1 saturated heterocycles. The van der Waals surface area contributed by atoms with E-state index < -0.39 is 0 Å². The second kappa shape index (κ2) is 9.03. The van der Waals surface area contributed by atoms with Crippen LogP contribution in [0, 0.1) is 0 Å². The van der Waals surface area contributed by atoms with E-state index in [2.05, 4.69) is 50.3 Å². The Bertz CT molecular complexity index is 1070. The molecule has 0 atom stereocenters. The molecule has 2 aliphatic rings. The Morgan fingerprint density at radius 2 is 1.71 bits per heavy atom. The SMILES string of the molecule is Clc1ccc(Cl)c(CN2CCCc3nnc(-c4ccc(N5CCOCC5)cc4)cc32)c1. The van der Waals surface area contributed by atoms with E-state index in [1.807, 2.05) is 18.2 Å². The van der Waals surface area contributed by atoms with Crippen molar-refractivity contribution in [1.29, 1.82) is 0 Å². The Balaban J connectivity index is 1.41. The monoisotopic (exact) mass is 454 g/mol. The van der Waals surface area contributed by atoms with Crippen molar-refractivity contribution in [3.63, 3.8) is 0 Å². The van der Waals surface area contributed by atoms with Crippen molar-refractivity contribution in [2.24, 2.45) is 0 Å². The van der Waals surface area contributed by atoms with Crippen LogP contribution in [0.4, 0.5) is 11.4 Å². The molecule has 0 N–H and O–H groups in total. The number of hydrogen-bond acceptors (Lipinski definition) is 5. The average Bonchev–Trinajstić information content (AvgIpc) is 2.82. The van der Waals surface area contributed by atoms with Gasteiger partial charge in [0.05, 0.1) is 30.3 Å². The molecule has 0 spiro atoms. The van der Waals surface area contributed by atoms with Crippen LogP contribution in [-0.2, 0) is 17.7 Å². The lowest BCUT2D eigenvalue weighted by Crippen LogP contribution is -2.36. The maximum Gasteiger partial charge on any atom is 0.0950 e. The van der Waals surface area contributed by atoms with E-state index >= 15 is 0 Å². The topological polar surface area (TPSA) is 41.5 Å². The van der Waals surface area contributed by atoms with Gasteiger partial charge < -0.3 is 14.5 Å². The van der Waals surface area contributed by atoms with Gasteiger partial charge in [-0.25, -0.2) is 0 Å². The summed E-state index contributed by atoms with van der Waals surface area (Å²) in [6.07, 6.45) is 1.99. The third-order valence-electron chi connectivity index (χ3n) is 5.94. The number of anilines is 2. The number of halogens is 2. The first-order valence-corrected chi connectivity index (χ1v) is 11.4. The Hall–Kier alpha value is -2.34. The minimum Gasteiger partial charge on any atom is -0.378 e. The third-order valence-corrected chi connectivity index (χ3v) is 6.54. The van der Waals surface area contributed by atoms with E-state index in [1.165, 1.54) is 5.69 Å². The van der Waals surface area contributed by atoms with Gasteiger partial charge in [0.1, 0.15) is 0 Å². The maximum absolute atomic E-state index is 6.42. The van der Waals surface area contributed by atoms with Crippen molar-refractivity contribution in [2.75, 3.05) is 42.6 Å². The van der Waals surface area contributed by atoms with Crippen LogP contribution in [0.1, 0.15) is 17.7 Å². The Morgan fingerprint density at radius 1 is 0.903 bits per heavy atom. The van der Waals surface area contributed by atoms with Crippen LogP contribution < -0.4 is 9.80 Å². The van der Waals surface area contributed by atoms with Gasteiger partial charge in [0.2, 0.25) is 0 Å². The number of aromatic nitrogens is 2. The fourth-order valence-electron chi connectivity index (χ4n) is 4.26. The number of ether oxygens (including phenoxy) is 1. The van der Waals surface area contributed by atoms with Crippen LogP contribution >= 0.6 is 23.2 Å². The fraction of sp³-hybridized carbons (Fsp3) is 0.333. The summed E-state index contributed by atoms with van der Waals surface area (Å²) in [5, 5.41) is 10.5. The third kappa shape index (κ3) is 4.49. The molecule has 0 bridgehead atoms. The molecule has 1 fully saturated rings. The van der Waals surface area contributed by atoms with Crippen LogP contribution in [0.5, 0.6) is 0 Å². The van der Waals surface area contributed by atoms with Gasteiger partial charge in [0, 0.05) is 47.5 Å². The van der Waals surface area contributed by atoms with Crippen LogP contribution in [0.25, 0.3) is 11.3 Å². The summed E-state index contributed by atoms with van der Waals surface area (Å²) in [6, 6.07) is 16.3. The molecule has 1 aromatic heterocycles. The normalized spacial score (nSPS) is 16.3. The lowest BCUT2D eigenvalue weighted by molar-refractivity contribution is 0.122. The van der Waals surface area contributed by atoms with Gasteiger partial charge in [-0.3, -0.25) is 0 Å². The molecule has 2 aliphatic heterocycles. The Morgan fingerprint density at radius 3 is 2.52 bits per heavy atom. The van der Waals surface area contributed by atoms with Gasteiger partial charge in [-0.2, -0.15) is 10.2 Å². The molecular formula is C24H24Cl2N4O. The molecular weight excluding hydrogens is 431 g/mol. The zero-order valence-electron chi connectivity index (χ0n) is 17.2. The molecule has 2 aromatic carbocycles. The molecule has 7 heteroatoms. The maximum atomic E-state index is 6.42. The molecule has 160 valence electrons. The molecule has 5 rings (SSSR count). The number of fused-ring (bicyclic) bond motifs is 1. The summed E-state index contributed by atoms with van der Waals surface area (Å²) in [4.78, 5) is 4.68. The van der Waals surface area contributed by atoms with Gasteiger partial charge in [-0.1, -0.05) is 35.3 Å². The fourth-order valence-corrected chi connectivity index (χ4v) is 4.63. The predicted molar refractivity (Wildman–Crippen MR) is 126 cm³/mol. The summed E-state index contributed by atoms with van der Waals surface area (Å²) in [7, 11) is 0. The Kier molecular flexibility index (Phi) is 5.99. The summed E-state index contributed by atoms with van der Waals surface area (Å²) in [5.74, 6) is 0. The smallest absolute Gasteiger partial charge is 0.0950 e. The summed E-state index contributed by atoms with van der Waals surface area (Å²) < 4.78 is 5.45. The van der Waals surface area contributed by atoms with Crippen LogP contribution in [0.2, 0.25) is 10.0 Å². The van der Waals surface area contributed by atoms with Crippen LogP contribution in [-0.4, -0.2) is 43.0 Å². The standard InChI is InChI=1S/C24H24Cl2N4O/c25-19-5-8-21(26)18(14-19)16-30-9-1-2-22-24(30)15-23(28-27-22)17-3-6-20(7-4-17)29-10-12-31-13-11-29/h3-8,14-15H,1-2,9-13,16H2. The number of benzene rings is 2. The quantitative estimate of drug-likeness (QED) is 0.538. The molecule has 0 saturated carbocycles. The molecule has 0 aliphatic carbocycles. The first-order chi connectivity index (χ1) is 15.2. The molecule has 0 radical (unpaired) electrons. The Labute approximate surface area is 192 Å². The second-order valence-corrected chi connectivity index (χ2v) is 8.81. The molecule has 31 heavy (non-hydrogen) atoms. The lowest BCUT2D eigenvalue weighted by Gasteiger charge is -2.31. The molecule has 0 unspecified atom stereocenters. The van der Waals surface area contributed by atoms with Crippen molar-refractivity contribution < 1.29 is 4.74 Å². The van der Waals surface area contributed by atoms with Crippen molar-refractivity contribution in [2.45, 2.75) is 19.4 Å². The number of rotatable bonds is 4. The van der Waals surface area contributed by atoms with Gasteiger partial charge in [0.25, 0.3) is 0 Å². The van der Waals surface area contributed by atoms with E-state index in [0.29, 0.717) is 11.6 Å². The number of hydrogen-bond donors (Lipinski definition) is 0. The highest BCUT2D eigenvalue weighted by atomic mass is 35.5. The minimum absolute atomic E-state index is 0.700. The van der Waals surface area contributed by atoms with Crippen molar-refractivity contribution in [3.8, 4) is 11.3 Å². The van der Waals surface area contributed by atoms with Gasteiger partial charge in [0.15, 0.2) is 0 Å². The van der Waals surface area contributed by atoms with Gasteiger partial charge >= 0.3 is 0 Å². The lowest BCUT2D eigenvalue weighted by atomic mass is 10.0. The zero-order valence-corrected chi connectivity index (χ0v) is 18.7. The van der Waals surface area contributed by atoms with E-state index in [9.17, 15) is 0 Å². The highest BCUT2D eigenvalue weighted by molar-refractivity contribution is 6.33. The van der Waals surface area contributed by atoms with Gasteiger partial charge in [-0.15, -0.1) is 0 Å². The van der Waals surface area contributed by atoms with Crippen LogP contribution in [0.15, 0.2) is 48.5 Å². The first kappa shape index (κ1) is 20.6. The second-order valence-electron chi connectivity index (χ2n) is 7.97. The predicted octanol–water partition coefficient (Wildman–Crippen LogP) is 5.24. The minimum atomic E-state index is 0.700. The number of morpholine rings is 1. The van der Waals surface area contributed by atoms with E-state index in [0.717, 1.165) is 78.9 Å². The number of nitrogens with zero attached hydrogens (tertiary/aromatic N) is 4. The van der Waals surface area contributed by atoms with E-state index in [4.69, 9.17) is 27.9 Å². The number of aryl methyl sites for hydroxylation is 1. The highest BCUT2D eigenvalue weighted by Gasteiger charge is 2.21. The van der Waals surface area contributed by atoms with Crippen molar-refractivity contribution >= 4 is 34.6 Å². The van der Waals surface area contributed by atoms with Crippen molar-refractivity contribution in [3.05, 3.63) is 69.8 Å². The molecule has 0 amide bonds. The summed E-state index contributed by atoms with van der Waals surface area (Å²) >= 11 is 12.6. The zero-order chi connectivity index (χ0) is 21.2. The summed E-state index contributed by atoms with van der Waals surface area (Å²) in [6.45, 7) is 5.08. The molecule has 3 aromatic rings. The average molecular weight is 455 g/mol. The molecule has 5 nitrogen and oxygen atoms in total. The first-order valence-electron chi connectivity index (χ1n) is 10.7. The van der Waals surface area contributed by atoms with Crippen LogP contribution in [0.3, 0.4) is 0 Å². The molecule has 3 heterocycles. The largest absolute Gasteiger partial charge is 0.378 e. The van der Waals surface area contributed by atoms with Crippen molar-refractivity contribution in [1.82, 2.24) is 10.2 Å². The highest BCUT2D eigenvalue weighted by Crippen LogP contribution is 2.32. The van der Waals surface area contributed by atoms with E-state index in [-0.39, 0.29) is 0 Å². The van der Waals surface area contributed by atoms with E-state index in [1.54, 1.807) is 0 Å². The summed E-state index contributed by atoms with van der Waals surface area (Å²) in [5.41, 5.74) is 6.36. The van der Waals surface area contributed by atoms with Gasteiger partial charge in [-0.05, 0) is 54.8 Å².